The molecule has 0 saturated heterocycles. The van der Waals surface area contributed by atoms with Crippen molar-refractivity contribution >= 4 is 17.6 Å². The molecule has 0 radical (unpaired) electrons. The van der Waals surface area contributed by atoms with Gasteiger partial charge >= 0.3 is 5.97 Å². The topological polar surface area (TPSA) is 82.1 Å². The average Bonchev–Trinajstić information content (AvgIpc) is 2.90. The second kappa shape index (κ2) is 12.9. The summed E-state index contributed by atoms with van der Waals surface area (Å²) in [5, 5.41) is 28.0. The van der Waals surface area contributed by atoms with Gasteiger partial charge in [-0.2, -0.15) is 0 Å². The molecule has 1 aliphatic rings. The van der Waals surface area contributed by atoms with Crippen LogP contribution >= 0.6 is 11.6 Å². The van der Waals surface area contributed by atoms with Crippen molar-refractivity contribution in [3.05, 3.63) is 35.7 Å². The molecule has 1 rings (SSSR count). The number of carbonyl (C=O) groups is 1. The van der Waals surface area contributed by atoms with Crippen LogP contribution in [0, 0.1) is 18.4 Å². The van der Waals surface area contributed by atoms with Crippen LogP contribution < -0.4 is 0 Å². The normalized spacial score (nSPS) is 27.8. The summed E-state index contributed by atoms with van der Waals surface area (Å²) in [7, 11) is 0. The van der Waals surface area contributed by atoms with Gasteiger partial charge in [-0.15, -0.1) is 11.6 Å². The number of halogens is 1. The zero-order valence-electron chi connectivity index (χ0n) is 16.0. The number of aliphatic hydroxyl groups is 2. The van der Waals surface area contributed by atoms with Crippen molar-refractivity contribution in [2.45, 2.75) is 81.9 Å². The Morgan fingerprint density at radius 3 is 2.67 bits per heavy atom. The summed E-state index contributed by atoms with van der Waals surface area (Å²) in [4.78, 5) is 14.2. The first kappa shape index (κ1) is 23.7. The highest BCUT2D eigenvalue weighted by molar-refractivity contribution is 6.21. The van der Waals surface area contributed by atoms with Gasteiger partial charge in [-0.05, 0) is 51.4 Å². The number of allylic oxidation sites excluding steroid dienone is 2. The molecule has 6 heteroatoms. The van der Waals surface area contributed by atoms with Gasteiger partial charge in [-0.3, -0.25) is 4.79 Å². The van der Waals surface area contributed by atoms with E-state index in [9.17, 15) is 15.0 Å². The molecule has 1 fully saturated rings. The lowest BCUT2D eigenvalue weighted by Gasteiger charge is -2.17. The molecule has 0 aromatic heterocycles. The van der Waals surface area contributed by atoms with Gasteiger partial charge in [0.1, 0.15) is 0 Å². The summed E-state index contributed by atoms with van der Waals surface area (Å²) in [6.07, 6.45) is 11.7. The van der Waals surface area contributed by atoms with Gasteiger partial charge in [0.2, 0.25) is 6.04 Å². The minimum atomic E-state index is -0.780. The Hall–Kier alpha value is -1.35. The van der Waals surface area contributed by atoms with Crippen LogP contribution in [0.15, 0.2) is 24.3 Å². The maximum atomic E-state index is 10.5. The van der Waals surface area contributed by atoms with Crippen molar-refractivity contribution in [3.63, 3.8) is 0 Å². The van der Waals surface area contributed by atoms with Gasteiger partial charge in [-0.1, -0.05) is 24.3 Å². The number of carboxylic acid groups (broad SMARTS) is 1. The standard InChI is InChI=1S/C21H32ClNO4/c1-15(24)8-7-9-16(25)12-13-18-17(19(22)14-20(18)23-2)10-5-3-4-6-11-21(26)27/h3,5,12-13,15-20,24-25H,4,6-11,14H2,1H3,(H,26,27)/t15-,16+,17-,18-,19-,20-/m1/s1. The molecule has 3 N–H and O–H groups in total. The average molecular weight is 398 g/mol. The first-order valence-corrected chi connectivity index (χ1v) is 10.2. The van der Waals surface area contributed by atoms with Crippen LogP contribution in [0.5, 0.6) is 0 Å². The molecule has 0 aromatic rings. The van der Waals surface area contributed by atoms with Crippen molar-refractivity contribution in [3.8, 4) is 0 Å². The molecular weight excluding hydrogens is 366 g/mol. The molecule has 0 aliphatic heterocycles. The fourth-order valence-corrected chi connectivity index (χ4v) is 3.97. The quantitative estimate of drug-likeness (QED) is 0.199. The van der Waals surface area contributed by atoms with Crippen molar-refractivity contribution in [2.24, 2.45) is 11.8 Å². The third-order valence-corrected chi connectivity index (χ3v) is 5.55. The van der Waals surface area contributed by atoms with Crippen LogP contribution in [0.25, 0.3) is 4.85 Å². The molecule has 0 amide bonds. The number of alkyl halides is 1. The lowest BCUT2D eigenvalue weighted by molar-refractivity contribution is -0.137. The third-order valence-electron chi connectivity index (χ3n) is 5.05. The van der Waals surface area contributed by atoms with Gasteiger partial charge in [0.25, 0.3) is 0 Å². The maximum Gasteiger partial charge on any atom is 0.303 e. The van der Waals surface area contributed by atoms with E-state index in [1.54, 1.807) is 13.0 Å². The number of aliphatic hydroxyl groups excluding tert-OH is 2. The number of rotatable bonds is 12. The van der Waals surface area contributed by atoms with Crippen LogP contribution in [-0.2, 0) is 4.79 Å². The number of hydrogen-bond donors (Lipinski definition) is 3. The Bertz CT molecular complexity index is 541. The van der Waals surface area contributed by atoms with Gasteiger partial charge in [0, 0.05) is 18.2 Å². The lowest BCUT2D eigenvalue weighted by Crippen LogP contribution is -2.17. The summed E-state index contributed by atoms with van der Waals surface area (Å²) in [5.41, 5.74) is 0. The number of unbranched alkanes of at least 4 members (excludes halogenated alkanes) is 1. The van der Waals surface area contributed by atoms with Crippen molar-refractivity contribution < 1.29 is 20.1 Å². The molecule has 6 atom stereocenters. The molecule has 0 unspecified atom stereocenters. The Morgan fingerprint density at radius 1 is 1.30 bits per heavy atom. The Labute approximate surface area is 167 Å². The van der Waals surface area contributed by atoms with Crippen molar-refractivity contribution in [2.75, 3.05) is 0 Å². The predicted molar refractivity (Wildman–Crippen MR) is 108 cm³/mol. The summed E-state index contributed by atoms with van der Waals surface area (Å²) < 4.78 is 0. The highest BCUT2D eigenvalue weighted by Gasteiger charge is 2.44. The van der Waals surface area contributed by atoms with E-state index >= 15 is 0 Å². The minimum Gasteiger partial charge on any atom is -0.481 e. The van der Waals surface area contributed by atoms with Gasteiger partial charge < -0.3 is 20.2 Å². The van der Waals surface area contributed by atoms with E-state index in [4.69, 9.17) is 23.3 Å². The van der Waals surface area contributed by atoms with E-state index in [1.165, 1.54) is 0 Å². The van der Waals surface area contributed by atoms with Gasteiger partial charge in [-0.25, -0.2) is 6.57 Å². The first-order valence-electron chi connectivity index (χ1n) is 9.77. The fraction of sp³-hybridized carbons (Fsp3) is 0.714. The van der Waals surface area contributed by atoms with Crippen LogP contribution in [0.4, 0.5) is 0 Å². The predicted octanol–water partition coefficient (Wildman–Crippen LogP) is 4.19. The molecule has 0 spiro atoms. The minimum absolute atomic E-state index is 0.0140. The summed E-state index contributed by atoms with van der Waals surface area (Å²) in [6, 6.07) is -0.168. The van der Waals surface area contributed by atoms with Crippen molar-refractivity contribution in [1.29, 1.82) is 0 Å². The van der Waals surface area contributed by atoms with E-state index in [0.717, 1.165) is 19.3 Å². The van der Waals surface area contributed by atoms with Crippen molar-refractivity contribution in [1.82, 2.24) is 0 Å². The molecular formula is C21H32ClNO4. The van der Waals surface area contributed by atoms with E-state index < -0.39 is 12.1 Å². The van der Waals surface area contributed by atoms with E-state index in [-0.39, 0.29) is 35.8 Å². The number of hydrogen-bond acceptors (Lipinski definition) is 3. The lowest BCUT2D eigenvalue weighted by atomic mass is 9.89. The summed E-state index contributed by atoms with van der Waals surface area (Å²) in [6.45, 7) is 9.17. The van der Waals surface area contributed by atoms with Gasteiger partial charge in [0.05, 0.1) is 18.1 Å². The summed E-state index contributed by atoms with van der Waals surface area (Å²) >= 11 is 6.48. The molecule has 152 valence electrons. The number of nitrogens with zero attached hydrogens (tertiary/aromatic N) is 1. The molecule has 1 aliphatic carbocycles. The fourth-order valence-electron chi connectivity index (χ4n) is 3.52. The highest BCUT2D eigenvalue weighted by atomic mass is 35.5. The molecule has 0 aromatic carbocycles. The monoisotopic (exact) mass is 397 g/mol. The SMILES string of the molecule is [C-]#[N+][C@@H]1C[C@@H](Cl)[C@H](CC=CCCCC(=O)O)[C@H]1C=C[C@@H](O)CCC[C@@H](C)O. The van der Waals surface area contributed by atoms with E-state index in [0.29, 0.717) is 25.7 Å². The molecule has 0 heterocycles. The Morgan fingerprint density at radius 2 is 2.04 bits per heavy atom. The molecule has 1 saturated carbocycles. The summed E-state index contributed by atoms with van der Waals surface area (Å²) in [5.74, 6) is -0.625. The molecule has 5 nitrogen and oxygen atoms in total. The molecule has 27 heavy (non-hydrogen) atoms. The second-order valence-corrected chi connectivity index (χ2v) is 7.98. The zero-order chi connectivity index (χ0) is 20.2. The van der Waals surface area contributed by atoms with Crippen LogP contribution in [0.3, 0.4) is 0 Å². The zero-order valence-corrected chi connectivity index (χ0v) is 16.8. The number of carboxylic acids is 1. The second-order valence-electron chi connectivity index (χ2n) is 7.41. The Balaban J connectivity index is 2.56. The van der Waals surface area contributed by atoms with E-state index in [2.05, 4.69) is 4.85 Å². The van der Waals surface area contributed by atoms with Gasteiger partial charge in [0.15, 0.2) is 0 Å². The van der Waals surface area contributed by atoms with Crippen LogP contribution in [0.1, 0.15) is 58.3 Å². The van der Waals surface area contributed by atoms with Crippen LogP contribution in [0.2, 0.25) is 0 Å². The Kier molecular flexibility index (Phi) is 11.3. The maximum absolute atomic E-state index is 10.5. The first-order chi connectivity index (χ1) is 12.8. The largest absolute Gasteiger partial charge is 0.481 e. The van der Waals surface area contributed by atoms with Crippen LogP contribution in [-0.4, -0.2) is 44.9 Å². The number of aliphatic carboxylic acids is 1. The smallest absolute Gasteiger partial charge is 0.303 e. The highest BCUT2D eigenvalue weighted by Crippen LogP contribution is 2.41. The van der Waals surface area contributed by atoms with E-state index in [1.807, 2.05) is 18.2 Å². The third kappa shape index (κ3) is 9.41. The molecule has 0 bridgehead atoms.